The zero-order chi connectivity index (χ0) is 18.3. The lowest BCUT2D eigenvalue weighted by Gasteiger charge is -2.44. The van der Waals surface area contributed by atoms with E-state index in [1.807, 2.05) is 37.3 Å². The Morgan fingerprint density at radius 1 is 1.12 bits per heavy atom. The van der Waals surface area contributed by atoms with E-state index in [0.717, 1.165) is 39.5 Å². The second kappa shape index (κ2) is 6.10. The lowest BCUT2D eigenvalue weighted by Crippen LogP contribution is -2.54. The Hall–Kier alpha value is -2.93. The second-order valence-electron chi connectivity index (χ2n) is 7.48. The first-order valence-corrected chi connectivity index (χ1v) is 8.88. The summed E-state index contributed by atoms with van der Waals surface area (Å²) in [5, 5.41) is 1.79. The summed E-state index contributed by atoms with van der Waals surface area (Å²) in [6, 6.07) is 9.81. The van der Waals surface area contributed by atoms with Gasteiger partial charge < -0.3 is 4.90 Å². The molecule has 0 amide bonds. The van der Waals surface area contributed by atoms with Crippen molar-refractivity contribution in [2.45, 2.75) is 39.2 Å². The molecule has 0 bridgehead atoms. The first kappa shape index (κ1) is 16.5. The van der Waals surface area contributed by atoms with Gasteiger partial charge in [0.1, 0.15) is 6.67 Å². The maximum absolute atomic E-state index is 12.6. The third-order valence-electron chi connectivity index (χ3n) is 5.11. The van der Waals surface area contributed by atoms with Crippen molar-refractivity contribution in [1.82, 2.24) is 9.88 Å². The molecule has 0 atom stereocenters. The highest BCUT2D eigenvalue weighted by Crippen LogP contribution is 2.32. The number of aromatic nitrogens is 1. The van der Waals surface area contributed by atoms with Crippen molar-refractivity contribution in [2.24, 2.45) is 4.99 Å². The van der Waals surface area contributed by atoms with Gasteiger partial charge in [0.05, 0.1) is 11.1 Å². The van der Waals surface area contributed by atoms with Crippen molar-refractivity contribution in [2.75, 3.05) is 6.67 Å². The number of ketones is 1. The summed E-state index contributed by atoms with van der Waals surface area (Å²) in [6.45, 7) is 6.84. The van der Waals surface area contributed by atoms with Crippen LogP contribution in [0.2, 0.25) is 0 Å². The first-order chi connectivity index (χ1) is 12.4. The molecular formula is C22H21N3O. The molecular weight excluding hydrogens is 322 g/mol. The molecule has 4 nitrogen and oxygen atoms in total. The minimum Gasteiger partial charge on any atom is -0.344 e. The SMILES string of the molecule is Cc1cc(C#Cc2ccc3c(c2)=NCN2C=3C(=O)CCC2(C)C)ccn1. The molecule has 0 radical (unpaired) electrons. The predicted molar refractivity (Wildman–Crippen MR) is 101 cm³/mol. The maximum atomic E-state index is 12.6. The lowest BCUT2D eigenvalue weighted by atomic mass is 9.87. The van der Waals surface area contributed by atoms with Crippen molar-refractivity contribution in [3.63, 3.8) is 0 Å². The molecule has 3 heterocycles. The summed E-state index contributed by atoms with van der Waals surface area (Å²) in [7, 11) is 0. The van der Waals surface area contributed by atoms with Gasteiger partial charge in [-0.05, 0) is 57.5 Å². The van der Waals surface area contributed by atoms with Crippen LogP contribution in [0.1, 0.15) is 43.5 Å². The topological polar surface area (TPSA) is 45.6 Å². The third kappa shape index (κ3) is 2.90. The highest BCUT2D eigenvalue weighted by Gasteiger charge is 2.37. The number of carbonyl (C=O) groups is 1. The number of benzene rings is 1. The fraction of sp³-hybridized carbons (Fsp3) is 0.318. The number of piperidine rings is 1. The molecule has 0 N–H and O–H groups in total. The van der Waals surface area contributed by atoms with Crippen LogP contribution in [0.4, 0.5) is 0 Å². The van der Waals surface area contributed by atoms with Gasteiger partial charge in [-0.25, -0.2) is 0 Å². The number of aryl methyl sites for hydroxylation is 1. The number of Topliss-reactive ketones (excluding diaryl/α,β-unsaturated/α-hetero) is 1. The van der Waals surface area contributed by atoms with E-state index in [-0.39, 0.29) is 11.3 Å². The van der Waals surface area contributed by atoms with Crippen LogP contribution in [-0.4, -0.2) is 27.9 Å². The Morgan fingerprint density at radius 2 is 1.88 bits per heavy atom. The number of fused-ring (bicyclic) bond motifs is 2. The molecule has 0 aliphatic carbocycles. The van der Waals surface area contributed by atoms with Gasteiger partial charge in [-0.1, -0.05) is 11.8 Å². The minimum absolute atomic E-state index is 0.0396. The van der Waals surface area contributed by atoms with E-state index in [1.54, 1.807) is 6.20 Å². The smallest absolute Gasteiger partial charge is 0.179 e. The van der Waals surface area contributed by atoms with Crippen molar-refractivity contribution in [3.8, 4) is 11.8 Å². The zero-order valence-corrected chi connectivity index (χ0v) is 15.3. The average molecular weight is 343 g/mol. The highest BCUT2D eigenvalue weighted by atomic mass is 16.1. The molecule has 4 rings (SSSR count). The summed E-state index contributed by atoms with van der Waals surface area (Å²) in [5.41, 5.74) is 3.57. The average Bonchev–Trinajstić information content (AvgIpc) is 2.62. The molecule has 0 unspecified atom stereocenters. The predicted octanol–water partition coefficient (Wildman–Crippen LogP) is 1.93. The van der Waals surface area contributed by atoms with E-state index in [1.165, 1.54) is 0 Å². The number of hydrogen-bond donors (Lipinski definition) is 0. The van der Waals surface area contributed by atoms with Crippen molar-refractivity contribution in [3.05, 3.63) is 63.9 Å². The molecule has 130 valence electrons. The van der Waals surface area contributed by atoms with Crippen LogP contribution in [0.15, 0.2) is 41.5 Å². The van der Waals surface area contributed by atoms with Crippen LogP contribution in [0.3, 0.4) is 0 Å². The van der Waals surface area contributed by atoms with E-state index in [4.69, 9.17) is 4.99 Å². The van der Waals surface area contributed by atoms with Gasteiger partial charge in [-0.2, -0.15) is 0 Å². The number of rotatable bonds is 0. The first-order valence-electron chi connectivity index (χ1n) is 8.88. The Morgan fingerprint density at radius 3 is 2.65 bits per heavy atom. The summed E-state index contributed by atoms with van der Waals surface area (Å²) in [6.07, 6.45) is 3.24. The van der Waals surface area contributed by atoms with Gasteiger partial charge in [0, 0.05) is 40.2 Å². The van der Waals surface area contributed by atoms with Crippen LogP contribution in [0.5, 0.6) is 0 Å². The third-order valence-corrected chi connectivity index (χ3v) is 5.11. The van der Waals surface area contributed by atoms with Gasteiger partial charge in [-0.15, -0.1) is 0 Å². The molecule has 1 fully saturated rings. The van der Waals surface area contributed by atoms with Gasteiger partial charge in [0.2, 0.25) is 0 Å². The van der Waals surface area contributed by atoms with Crippen LogP contribution in [0.25, 0.3) is 5.70 Å². The van der Waals surface area contributed by atoms with Gasteiger partial charge in [0.25, 0.3) is 0 Å². The second-order valence-corrected chi connectivity index (χ2v) is 7.48. The summed E-state index contributed by atoms with van der Waals surface area (Å²) < 4.78 is 0. The normalized spacial score (nSPS) is 17.6. The van der Waals surface area contributed by atoms with Crippen LogP contribution >= 0.6 is 0 Å². The summed E-state index contributed by atoms with van der Waals surface area (Å²) in [4.78, 5) is 23.6. The zero-order valence-electron chi connectivity index (χ0n) is 15.3. The molecule has 4 heteroatoms. The van der Waals surface area contributed by atoms with Crippen molar-refractivity contribution < 1.29 is 4.79 Å². The molecule has 1 aromatic carbocycles. The number of pyridine rings is 1. The summed E-state index contributed by atoms with van der Waals surface area (Å²) in [5.74, 6) is 6.58. The van der Waals surface area contributed by atoms with Crippen molar-refractivity contribution in [1.29, 1.82) is 0 Å². The van der Waals surface area contributed by atoms with E-state index in [0.29, 0.717) is 13.1 Å². The fourth-order valence-electron chi connectivity index (χ4n) is 3.54. The molecule has 2 aliphatic rings. The largest absolute Gasteiger partial charge is 0.344 e. The number of hydrogen-bond acceptors (Lipinski definition) is 4. The van der Waals surface area contributed by atoms with Crippen LogP contribution in [-0.2, 0) is 4.79 Å². The fourth-order valence-corrected chi connectivity index (χ4v) is 3.54. The lowest BCUT2D eigenvalue weighted by molar-refractivity contribution is -0.117. The van der Waals surface area contributed by atoms with E-state index in [9.17, 15) is 4.79 Å². The Balaban J connectivity index is 1.78. The standard InChI is InChI=1S/C22H21N3O/c1-15-12-17(9-11-23-15)5-4-16-6-7-18-19(13-16)24-14-25-21(18)20(26)8-10-22(25,2)3/h6-7,9,11-13H,8,10,14H2,1-3H3. The summed E-state index contributed by atoms with van der Waals surface area (Å²) >= 11 is 0. The van der Waals surface area contributed by atoms with E-state index >= 15 is 0 Å². The number of nitrogens with zero attached hydrogens (tertiary/aromatic N) is 3. The Labute approximate surface area is 153 Å². The van der Waals surface area contributed by atoms with Crippen LogP contribution < -0.4 is 10.6 Å². The quantitative estimate of drug-likeness (QED) is 0.687. The Kier molecular flexibility index (Phi) is 3.88. The minimum atomic E-state index is -0.0396. The molecule has 26 heavy (non-hydrogen) atoms. The maximum Gasteiger partial charge on any atom is 0.179 e. The number of carbonyl (C=O) groups excluding carboxylic acids is 1. The van der Waals surface area contributed by atoms with Crippen LogP contribution in [0, 0.1) is 18.8 Å². The Bertz CT molecular complexity index is 1090. The molecule has 0 spiro atoms. The molecule has 1 aromatic heterocycles. The molecule has 2 aromatic rings. The molecule has 2 aliphatic heterocycles. The molecule has 0 saturated carbocycles. The van der Waals surface area contributed by atoms with E-state index in [2.05, 4.69) is 35.6 Å². The highest BCUT2D eigenvalue weighted by molar-refractivity contribution is 6.14. The van der Waals surface area contributed by atoms with Gasteiger partial charge in [0.15, 0.2) is 5.78 Å². The van der Waals surface area contributed by atoms with Gasteiger partial charge >= 0.3 is 0 Å². The van der Waals surface area contributed by atoms with Crippen molar-refractivity contribution >= 4 is 11.5 Å². The molecule has 1 saturated heterocycles. The van der Waals surface area contributed by atoms with E-state index < -0.39 is 0 Å². The van der Waals surface area contributed by atoms with Gasteiger partial charge in [-0.3, -0.25) is 14.8 Å². The monoisotopic (exact) mass is 343 g/mol.